The molecule has 0 saturated carbocycles. The minimum atomic E-state index is -0.0136. The second kappa shape index (κ2) is 12.2. The zero-order chi connectivity index (χ0) is 21.4. The zero-order valence-electron chi connectivity index (χ0n) is 18.1. The number of halogens is 1. The molecule has 0 saturated heterocycles. The van der Waals surface area contributed by atoms with Crippen LogP contribution < -0.4 is 10.6 Å². The number of aliphatic imine (C=N–C) groups is 1. The molecule has 0 aliphatic carbocycles. The maximum absolute atomic E-state index is 11.9. The Bertz CT molecular complexity index is 793. The number of carbonyl (C=O) groups excluding carboxylic acids is 2. The Morgan fingerprint density at radius 2 is 1.07 bits per heavy atom. The zero-order valence-corrected chi connectivity index (χ0v) is 20.4. The molecule has 0 radical (unpaired) electrons. The van der Waals surface area contributed by atoms with Gasteiger partial charge in [-0.25, -0.2) is 0 Å². The Morgan fingerprint density at radius 1 is 0.733 bits per heavy atom. The van der Waals surface area contributed by atoms with Crippen LogP contribution in [0, 0.1) is 0 Å². The predicted molar refractivity (Wildman–Crippen MR) is 131 cm³/mol. The summed E-state index contributed by atoms with van der Waals surface area (Å²) in [7, 11) is 8.66. The van der Waals surface area contributed by atoms with Gasteiger partial charge in [0.05, 0.1) is 0 Å². The summed E-state index contributed by atoms with van der Waals surface area (Å²) in [6.45, 7) is 1.18. The van der Waals surface area contributed by atoms with Crippen LogP contribution in [0.3, 0.4) is 0 Å². The van der Waals surface area contributed by atoms with Crippen molar-refractivity contribution in [1.29, 1.82) is 0 Å². The molecular formula is C22H30IN5O2. The molecule has 2 N–H and O–H groups in total. The number of hydrogen-bond acceptors (Lipinski definition) is 3. The maximum atomic E-state index is 11.9. The summed E-state index contributed by atoms with van der Waals surface area (Å²) < 4.78 is 0. The molecule has 2 amide bonds. The van der Waals surface area contributed by atoms with Gasteiger partial charge in [0.25, 0.3) is 11.8 Å². The average molecular weight is 523 g/mol. The first-order valence-electron chi connectivity index (χ1n) is 9.37. The van der Waals surface area contributed by atoms with Crippen molar-refractivity contribution in [2.45, 2.75) is 13.1 Å². The number of rotatable bonds is 6. The first-order chi connectivity index (χ1) is 13.8. The van der Waals surface area contributed by atoms with Crippen LogP contribution in [0.15, 0.2) is 53.5 Å². The average Bonchev–Trinajstić information content (AvgIpc) is 2.73. The number of benzene rings is 2. The van der Waals surface area contributed by atoms with E-state index in [1.165, 1.54) is 0 Å². The van der Waals surface area contributed by atoms with Crippen molar-refractivity contribution in [3.63, 3.8) is 0 Å². The molecule has 0 bridgehead atoms. The molecule has 0 aliphatic rings. The third-order valence-electron chi connectivity index (χ3n) is 4.36. The number of amides is 2. The first kappa shape index (κ1) is 25.4. The highest BCUT2D eigenvalue weighted by Gasteiger charge is 2.08. The molecule has 0 heterocycles. The monoisotopic (exact) mass is 523 g/mol. The highest BCUT2D eigenvalue weighted by atomic mass is 127. The second-order valence-electron chi connectivity index (χ2n) is 7.07. The van der Waals surface area contributed by atoms with Crippen molar-refractivity contribution < 1.29 is 9.59 Å². The molecule has 2 aromatic rings. The lowest BCUT2D eigenvalue weighted by atomic mass is 10.1. The quantitative estimate of drug-likeness (QED) is 0.347. The largest absolute Gasteiger partial charge is 0.352 e. The van der Waals surface area contributed by atoms with Crippen molar-refractivity contribution >= 4 is 41.8 Å². The van der Waals surface area contributed by atoms with Crippen LogP contribution in [0.1, 0.15) is 31.8 Å². The molecule has 162 valence electrons. The van der Waals surface area contributed by atoms with Gasteiger partial charge in [-0.05, 0) is 35.4 Å². The SMILES string of the molecule is CN=C(NCc1ccc(C(=O)N(C)C)cc1)NCc1ccc(C(=O)N(C)C)cc1.I. The Balaban J connectivity index is 0.00000450. The molecule has 0 spiro atoms. The van der Waals surface area contributed by atoms with Crippen molar-refractivity contribution in [1.82, 2.24) is 20.4 Å². The second-order valence-corrected chi connectivity index (χ2v) is 7.07. The highest BCUT2D eigenvalue weighted by Crippen LogP contribution is 2.07. The standard InChI is InChI=1S/C22H29N5O2.HI/c1-23-22(24-14-16-6-10-18(11-7-16)20(28)26(2)3)25-15-17-8-12-19(13-9-17)21(29)27(4)5;/h6-13H,14-15H2,1-5H3,(H2,23,24,25);1H. The van der Waals surface area contributed by atoms with Crippen LogP contribution in [0.5, 0.6) is 0 Å². The van der Waals surface area contributed by atoms with Gasteiger partial charge in [-0.15, -0.1) is 24.0 Å². The lowest BCUT2D eigenvalue weighted by Gasteiger charge is -2.14. The summed E-state index contributed by atoms with van der Waals surface area (Å²) in [5.74, 6) is 0.646. The van der Waals surface area contributed by atoms with Crippen LogP contribution in [0.25, 0.3) is 0 Å². The predicted octanol–water partition coefficient (Wildman–Crippen LogP) is 2.57. The van der Waals surface area contributed by atoms with Gasteiger partial charge in [-0.2, -0.15) is 0 Å². The minimum Gasteiger partial charge on any atom is -0.352 e. The minimum absolute atomic E-state index is 0. The fraction of sp³-hybridized carbons (Fsp3) is 0.318. The van der Waals surface area contributed by atoms with Crippen molar-refractivity contribution in [2.24, 2.45) is 4.99 Å². The molecule has 8 heteroatoms. The lowest BCUT2D eigenvalue weighted by molar-refractivity contribution is 0.0820. The van der Waals surface area contributed by atoms with Gasteiger partial charge in [-0.1, -0.05) is 24.3 Å². The Hall–Kier alpha value is -2.62. The van der Waals surface area contributed by atoms with E-state index in [0.29, 0.717) is 30.2 Å². The molecule has 0 aliphatic heterocycles. The Kier molecular flexibility index (Phi) is 10.3. The smallest absolute Gasteiger partial charge is 0.253 e. The van der Waals surface area contributed by atoms with E-state index in [2.05, 4.69) is 15.6 Å². The molecule has 0 fully saturated rings. The van der Waals surface area contributed by atoms with Crippen LogP contribution >= 0.6 is 24.0 Å². The highest BCUT2D eigenvalue weighted by molar-refractivity contribution is 14.0. The van der Waals surface area contributed by atoms with Crippen LogP contribution in [0.4, 0.5) is 0 Å². The van der Waals surface area contributed by atoms with Crippen molar-refractivity contribution in [3.05, 3.63) is 70.8 Å². The molecule has 0 atom stereocenters. The summed E-state index contributed by atoms with van der Waals surface area (Å²) >= 11 is 0. The van der Waals surface area contributed by atoms with Crippen LogP contribution in [0.2, 0.25) is 0 Å². The molecule has 30 heavy (non-hydrogen) atoms. The molecule has 0 aromatic heterocycles. The van der Waals surface area contributed by atoms with E-state index in [1.807, 2.05) is 48.5 Å². The van der Waals surface area contributed by atoms with Crippen LogP contribution in [-0.2, 0) is 13.1 Å². The lowest BCUT2D eigenvalue weighted by Crippen LogP contribution is -2.36. The van der Waals surface area contributed by atoms with Gasteiger partial charge in [0.2, 0.25) is 0 Å². The molecule has 0 unspecified atom stereocenters. The van der Waals surface area contributed by atoms with E-state index >= 15 is 0 Å². The fourth-order valence-corrected chi connectivity index (χ4v) is 2.64. The number of hydrogen-bond donors (Lipinski definition) is 2. The Morgan fingerprint density at radius 3 is 1.33 bits per heavy atom. The number of nitrogens with zero attached hydrogens (tertiary/aromatic N) is 3. The third kappa shape index (κ3) is 7.33. The normalized spacial score (nSPS) is 9.77. The third-order valence-corrected chi connectivity index (χ3v) is 4.36. The summed E-state index contributed by atoms with van der Waals surface area (Å²) in [5, 5.41) is 6.51. The number of guanidine groups is 1. The van der Waals surface area contributed by atoms with Crippen molar-refractivity contribution in [2.75, 3.05) is 35.2 Å². The Labute approximate surface area is 195 Å². The maximum Gasteiger partial charge on any atom is 0.253 e. The molecule has 7 nitrogen and oxygen atoms in total. The summed E-state index contributed by atoms with van der Waals surface area (Å²) in [6, 6.07) is 15.0. The van der Waals surface area contributed by atoms with E-state index < -0.39 is 0 Å². The van der Waals surface area contributed by atoms with Gasteiger partial charge in [0, 0.05) is 59.5 Å². The molecule has 2 aromatic carbocycles. The van der Waals surface area contributed by atoms with Gasteiger partial charge in [-0.3, -0.25) is 14.6 Å². The number of nitrogens with one attached hydrogen (secondary N) is 2. The number of carbonyl (C=O) groups is 2. The van der Waals surface area contributed by atoms with Gasteiger partial charge in [0.15, 0.2) is 5.96 Å². The summed E-state index contributed by atoms with van der Waals surface area (Å²) in [6.07, 6.45) is 0. The summed E-state index contributed by atoms with van der Waals surface area (Å²) in [5.41, 5.74) is 3.43. The summed E-state index contributed by atoms with van der Waals surface area (Å²) in [4.78, 5) is 31.2. The molecule has 2 rings (SSSR count). The molecular weight excluding hydrogens is 493 g/mol. The fourth-order valence-electron chi connectivity index (χ4n) is 2.64. The van der Waals surface area contributed by atoms with E-state index in [9.17, 15) is 9.59 Å². The topological polar surface area (TPSA) is 77.0 Å². The van der Waals surface area contributed by atoms with Gasteiger partial charge in [0.1, 0.15) is 0 Å². The van der Waals surface area contributed by atoms with Crippen molar-refractivity contribution in [3.8, 4) is 0 Å². The van der Waals surface area contributed by atoms with Crippen LogP contribution in [-0.4, -0.2) is 62.8 Å². The van der Waals surface area contributed by atoms with Gasteiger partial charge < -0.3 is 20.4 Å². The van der Waals surface area contributed by atoms with E-state index in [4.69, 9.17) is 0 Å². The first-order valence-corrected chi connectivity index (χ1v) is 9.37. The van der Waals surface area contributed by atoms with Gasteiger partial charge >= 0.3 is 0 Å². The van der Waals surface area contributed by atoms with E-state index in [-0.39, 0.29) is 35.8 Å². The van der Waals surface area contributed by atoms with E-state index in [1.54, 1.807) is 45.0 Å². The van der Waals surface area contributed by atoms with E-state index in [0.717, 1.165) is 11.1 Å².